The summed E-state index contributed by atoms with van der Waals surface area (Å²) in [7, 11) is -3.95. The lowest BCUT2D eigenvalue weighted by Crippen LogP contribution is -2.34. The van der Waals surface area contributed by atoms with Gasteiger partial charge < -0.3 is 5.11 Å². The van der Waals surface area contributed by atoms with E-state index in [1.807, 2.05) is 0 Å². The minimum Gasteiger partial charge on any atom is -0.389 e. The van der Waals surface area contributed by atoms with Crippen molar-refractivity contribution in [2.75, 3.05) is 13.1 Å². The highest BCUT2D eigenvalue weighted by molar-refractivity contribution is 7.89. The largest absolute Gasteiger partial charge is 0.389 e. The molecule has 1 aliphatic rings. The second-order valence-electron chi connectivity index (χ2n) is 4.64. The van der Waals surface area contributed by atoms with Crippen molar-refractivity contribution in [2.45, 2.75) is 23.8 Å². The lowest BCUT2D eigenvalue weighted by Gasteiger charge is -2.19. The molecule has 1 aliphatic heterocycles. The third-order valence-electron chi connectivity index (χ3n) is 2.95. The molecule has 0 aliphatic carbocycles. The minimum absolute atomic E-state index is 0.0404. The van der Waals surface area contributed by atoms with Crippen LogP contribution in [0.2, 0.25) is 5.02 Å². The lowest BCUT2D eigenvalue weighted by atomic mass is 10.1. The number of hydrogen-bond donors (Lipinski definition) is 1. The quantitative estimate of drug-likeness (QED) is 0.901. The van der Waals surface area contributed by atoms with Crippen LogP contribution in [0.25, 0.3) is 0 Å². The Kier molecular flexibility index (Phi) is 3.40. The molecule has 1 saturated heterocycles. The molecule has 1 fully saturated rings. The van der Waals surface area contributed by atoms with Crippen LogP contribution in [0.3, 0.4) is 0 Å². The Morgan fingerprint density at radius 3 is 2.72 bits per heavy atom. The van der Waals surface area contributed by atoms with Crippen LogP contribution in [0, 0.1) is 5.82 Å². The fraction of sp³-hybridized carbons (Fsp3) is 0.455. The molecule has 0 radical (unpaired) electrons. The van der Waals surface area contributed by atoms with Crippen LogP contribution >= 0.6 is 11.6 Å². The highest BCUT2D eigenvalue weighted by Gasteiger charge is 2.39. The van der Waals surface area contributed by atoms with Crippen LogP contribution in [-0.2, 0) is 10.0 Å². The first-order chi connectivity index (χ1) is 8.24. The summed E-state index contributed by atoms with van der Waals surface area (Å²) in [5, 5.41) is 9.54. The lowest BCUT2D eigenvalue weighted by molar-refractivity contribution is 0.0762. The maximum Gasteiger partial charge on any atom is 0.246 e. The second kappa shape index (κ2) is 4.45. The van der Waals surface area contributed by atoms with Gasteiger partial charge in [0.1, 0.15) is 4.90 Å². The smallest absolute Gasteiger partial charge is 0.246 e. The molecule has 7 heteroatoms. The third-order valence-corrected chi connectivity index (χ3v) is 5.11. The van der Waals surface area contributed by atoms with E-state index < -0.39 is 26.3 Å². The SMILES string of the molecule is CC1(O)CCN(S(=O)(=O)c2cccc(Cl)c2F)C1. The highest BCUT2D eigenvalue weighted by atomic mass is 35.5. The first kappa shape index (κ1) is 13.7. The van der Waals surface area contributed by atoms with Crippen molar-refractivity contribution in [3.05, 3.63) is 29.0 Å². The van der Waals surface area contributed by atoms with Gasteiger partial charge in [-0.25, -0.2) is 12.8 Å². The van der Waals surface area contributed by atoms with Crippen molar-refractivity contribution in [1.29, 1.82) is 0 Å². The van der Waals surface area contributed by atoms with E-state index in [9.17, 15) is 17.9 Å². The Morgan fingerprint density at radius 1 is 1.50 bits per heavy atom. The van der Waals surface area contributed by atoms with Crippen molar-refractivity contribution in [1.82, 2.24) is 4.31 Å². The summed E-state index contributed by atoms with van der Waals surface area (Å²) >= 11 is 5.58. The monoisotopic (exact) mass is 293 g/mol. The van der Waals surface area contributed by atoms with Crippen molar-refractivity contribution in [3.63, 3.8) is 0 Å². The summed E-state index contributed by atoms with van der Waals surface area (Å²) in [5.41, 5.74) is -1.07. The summed E-state index contributed by atoms with van der Waals surface area (Å²) in [6.07, 6.45) is 0.328. The van der Waals surface area contributed by atoms with E-state index in [0.717, 1.165) is 4.31 Å². The van der Waals surface area contributed by atoms with E-state index in [0.29, 0.717) is 6.42 Å². The van der Waals surface area contributed by atoms with E-state index >= 15 is 0 Å². The zero-order valence-electron chi connectivity index (χ0n) is 9.73. The Labute approximate surface area is 110 Å². The van der Waals surface area contributed by atoms with Crippen molar-refractivity contribution >= 4 is 21.6 Å². The average Bonchev–Trinajstić information content (AvgIpc) is 2.63. The van der Waals surface area contributed by atoms with Gasteiger partial charge in [-0.1, -0.05) is 17.7 Å². The predicted molar refractivity (Wildman–Crippen MR) is 65.4 cm³/mol. The molecular weight excluding hydrogens is 281 g/mol. The van der Waals surface area contributed by atoms with Gasteiger partial charge in [-0.15, -0.1) is 0 Å². The molecule has 1 aromatic rings. The number of sulfonamides is 1. The normalized spacial score (nSPS) is 25.6. The number of rotatable bonds is 2. The number of aliphatic hydroxyl groups is 1. The predicted octanol–water partition coefficient (Wildman–Crippen LogP) is 1.62. The van der Waals surface area contributed by atoms with E-state index in [1.165, 1.54) is 18.2 Å². The first-order valence-electron chi connectivity index (χ1n) is 5.41. The highest BCUT2D eigenvalue weighted by Crippen LogP contribution is 2.29. The van der Waals surface area contributed by atoms with Crippen molar-refractivity contribution in [3.8, 4) is 0 Å². The summed E-state index contributed by atoms with van der Waals surface area (Å²) in [5.74, 6) is -0.953. The zero-order valence-corrected chi connectivity index (χ0v) is 11.3. The van der Waals surface area contributed by atoms with E-state index in [1.54, 1.807) is 6.92 Å². The summed E-state index contributed by atoms with van der Waals surface area (Å²) < 4.78 is 39.2. The number of benzene rings is 1. The van der Waals surface area contributed by atoms with Gasteiger partial charge >= 0.3 is 0 Å². The number of hydrogen-bond acceptors (Lipinski definition) is 3. The first-order valence-corrected chi connectivity index (χ1v) is 7.22. The number of nitrogens with zero attached hydrogens (tertiary/aromatic N) is 1. The Hall–Kier alpha value is -0.690. The zero-order chi connectivity index (χ0) is 13.6. The molecule has 1 unspecified atom stereocenters. The molecule has 0 saturated carbocycles. The van der Waals surface area contributed by atoms with Crippen molar-refractivity contribution < 1.29 is 17.9 Å². The van der Waals surface area contributed by atoms with Crippen LogP contribution in [0.1, 0.15) is 13.3 Å². The molecule has 0 spiro atoms. The van der Waals surface area contributed by atoms with E-state index in [-0.39, 0.29) is 18.1 Å². The molecule has 18 heavy (non-hydrogen) atoms. The topological polar surface area (TPSA) is 57.6 Å². The van der Waals surface area contributed by atoms with Gasteiger partial charge in [-0.05, 0) is 25.5 Å². The fourth-order valence-corrected chi connectivity index (χ4v) is 3.81. The molecule has 1 heterocycles. The molecule has 4 nitrogen and oxygen atoms in total. The molecule has 1 atom stereocenters. The van der Waals surface area contributed by atoms with Gasteiger partial charge in [0.2, 0.25) is 10.0 Å². The van der Waals surface area contributed by atoms with Gasteiger partial charge in [0, 0.05) is 13.1 Å². The van der Waals surface area contributed by atoms with Crippen LogP contribution < -0.4 is 0 Å². The van der Waals surface area contributed by atoms with Crippen molar-refractivity contribution in [2.24, 2.45) is 0 Å². The van der Waals surface area contributed by atoms with Crippen LogP contribution in [0.15, 0.2) is 23.1 Å². The summed E-state index contributed by atoms with van der Waals surface area (Å²) in [6.45, 7) is 1.68. The van der Waals surface area contributed by atoms with Crippen LogP contribution in [-0.4, -0.2) is 36.5 Å². The molecule has 1 N–H and O–H groups in total. The molecule has 0 bridgehead atoms. The number of halogens is 2. The van der Waals surface area contributed by atoms with Gasteiger partial charge in [0.15, 0.2) is 5.82 Å². The summed E-state index contributed by atoms with van der Waals surface area (Å²) in [6, 6.07) is 3.84. The second-order valence-corrected chi connectivity index (χ2v) is 6.95. The standard InChI is InChI=1S/C11H13ClFNO3S/c1-11(15)5-6-14(7-11)18(16,17)9-4-2-3-8(12)10(9)13/h2-4,15H,5-7H2,1H3. The average molecular weight is 294 g/mol. The molecule has 1 aromatic carbocycles. The van der Waals surface area contributed by atoms with Gasteiger partial charge in [-0.2, -0.15) is 4.31 Å². The third kappa shape index (κ3) is 2.38. The minimum atomic E-state index is -3.95. The Morgan fingerprint density at radius 2 is 2.17 bits per heavy atom. The number of β-amino-alcohol motifs (C(OH)–C–C–N with tert-alkyl or cyclic N) is 1. The van der Waals surface area contributed by atoms with E-state index in [4.69, 9.17) is 11.6 Å². The fourth-order valence-electron chi connectivity index (χ4n) is 1.93. The molecule has 0 aromatic heterocycles. The van der Waals surface area contributed by atoms with Gasteiger partial charge in [0.25, 0.3) is 0 Å². The maximum absolute atomic E-state index is 13.7. The molecule has 2 rings (SSSR count). The molecular formula is C11H13ClFNO3S. The summed E-state index contributed by atoms with van der Waals surface area (Å²) in [4.78, 5) is -0.451. The maximum atomic E-state index is 13.7. The molecule has 0 amide bonds. The van der Waals surface area contributed by atoms with E-state index in [2.05, 4.69) is 0 Å². The van der Waals surface area contributed by atoms with Gasteiger partial charge in [-0.3, -0.25) is 0 Å². The van der Waals surface area contributed by atoms with Crippen LogP contribution in [0.4, 0.5) is 4.39 Å². The van der Waals surface area contributed by atoms with Gasteiger partial charge in [0.05, 0.1) is 10.6 Å². The Bertz CT molecular complexity index is 574. The molecule has 100 valence electrons. The Balaban J connectivity index is 2.41. The van der Waals surface area contributed by atoms with Crippen LogP contribution in [0.5, 0.6) is 0 Å².